The fourth-order valence-electron chi connectivity index (χ4n) is 3.86. The molecular weight excluding hydrogens is 418 g/mol. The van der Waals surface area contributed by atoms with Gasteiger partial charge in [-0.05, 0) is 37.0 Å². The van der Waals surface area contributed by atoms with Gasteiger partial charge in [-0.1, -0.05) is 0 Å². The standard InChI is InChI=1S/C25H27N5O3/c1-29-16-18(13-27-29)25-14-26-23-6-5-19(11-24(23)28-25)30(15-17-3-4-17)20-9-21(32-2)12-22(10-20)33-8-7-31/h5-6,9-14,16-17,31H,3-4,7-8,15H2,1-2H3. The summed E-state index contributed by atoms with van der Waals surface area (Å²) in [6.07, 6.45) is 7.97. The molecule has 170 valence electrons. The molecule has 0 bridgehead atoms. The zero-order chi connectivity index (χ0) is 22.8. The van der Waals surface area contributed by atoms with Gasteiger partial charge in [0.1, 0.15) is 18.1 Å². The number of methoxy groups -OCH3 is 1. The van der Waals surface area contributed by atoms with Crippen LogP contribution in [0.25, 0.3) is 22.3 Å². The maximum absolute atomic E-state index is 9.16. The van der Waals surface area contributed by atoms with Crippen molar-refractivity contribution in [2.45, 2.75) is 12.8 Å². The van der Waals surface area contributed by atoms with Crippen molar-refractivity contribution in [3.63, 3.8) is 0 Å². The van der Waals surface area contributed by atoms with E-state index >= 15 is 0 Å². The topological polar surface area (TPSA) is 85.5 Å². The molecule has 0 saturated heterocycles. The van der Waals surface area contributed by atoms with E-state index in [1.165, 1.54) is 12.8 Å². The summed E-state index contributed by atoms with van der Waals surface area (Å²) in [5, 5.41) is 13.4. The Balaban J connectivity index is 1.55. The Hall–Kier alpha value is -3.65. The van der Waals surface area contributed by atoms with Crippen molar-refractivity contribution in [3.05, 3.63) is 55.0 Å². The molecule has 0 spiro atoms. The maximum Gasteiger partial charge on any atom is 0.125 e. The third kappa shape index (κ3) is 4.75. The summed E-state index contributed by atoms with van der Waals surface area (Å²) in [7, 11) is 3.53. The predicted octanol–water partition coefficient (Wildman–Crippen LogP) is 3.96. The van der Waals surface area contributed by atoms with E-state index in [2.05, 4.69) is 27.1 Å². The highest BCUT2D eigenvalue weighted by Gasteiger charge is 2.26. The number of aliphatic hydroxyl groups is 1. The Morgan fingerprint density at radius 1 is 1.06 bits per heavy atom. The first-order valence-corrected chi connectivity index (χ1v) is 11.1. The number of benzene rings is 2. The van der Waals surface area contributed by atoms with Gasteiger partial charge in [0.25, 0.3) is 0 Å². The summed E-state index contributed by atoms with van der Waals surface area (Å²) in [5.74, 6) is 2.03. The highest BCUT2D eigenvalue weighted by molar-refractivity contribution is 5.82. The molecule has 0 unspecified atom stereocenters. The van der Waals surface area contributed by atoms with E-state index in [4.69, 9.17) is 19.6 Å². The molecule has 0 aliphatic heterocycles. The van der Waals surface area contributed by atoms with Gasteiger partial charge in [-0.15, -0.1) is 0 Å². The summed E-state index contributed by atoms with van der Waals surface area (Å²) in [5.41, 5.74) is 5.41. The summed E-state index contributed by atoms with van der Waals surface area (Å²) in [4.78, 5) is 11.8. The van der Waals surface area contributed by atoms with E-state index in [1.807, 2.05) is 37.5 Å². The Kier molecular flexibility index (Phi) is 5.83. The molecule has 4 aromatic rings. The highest BCUT2D eigenvalue weighted by atomic mass is 16.5. The molecule has 5 rings (SSSR count). The molecule has 1 N–H and O–H groups in total. The SMILES string of the molecule is COc1cc(OCCO)cc(N(CC2CC2)c2ccc3ncc(-c4cnn(C)c4)nc3c2)c1. The van der Waals surface area contributed by atoms with Gasteiger partial charge in [0.05, 0.1) is 42.8 Å². The van der Waals surface area contributed by atoms with Crippen LogP contribution >= 0.6 is 0 Å². The largest absolute Gasteiger partial charge is 0.497 e. The third-order valence-electron chi connectivity index (χ3n) is 5.75. The predicted molar refractivity (Wildman–Crippen MR) is 127 cm³/mol. The lowest BCUT2D eigenvalue weighted by molar-refractivity contribution is 0.201. The Bertz CT molecular complexity index is 1270. The average molecular weight is 446 g/mol. The van der Waals surface area contributed by atoms with Crippen LogP contribution in [0.3, 0.4) is 0 Å². The second kappa shape index (κ2) is 9.07. The first-order valence-electron chi connectivity index (χ1n) is 11.1. The molecule has 2 aromatic carbocycles. The number of aromatic nitrogens is 4. The first kappa shape index (κ1) is 21.2. The second-order valence-electron chi connectivity index (χ2n) is 8.32. The highest BCUT2D eigenvalue weighted by Crippen LogP contribution is 2.38. The van der Waals surface area contributed by atoms with Crippen molar-refractivity contribution >= 4 is 22.4 Å². The van der Waals surface area contributed by atoms with Gasteiger partial charge in [-0.3, -0.25) is 9.67 Å². The fraction of sp³-hybridized carbons (Fsp3) is 0.320. The van der Waals surface area contributed by atoms with Crippen molar-refractivity contribution in [2.24, 2.45) is 13.0 Å². The van der Waals surface area contributed by atoms with Crippen LogP contribution < -0.4 is 14.4 Å². The molecule has 0 atom stereocenters. The number of hydrogen-bond donors (Lipinski definition) is 1. The number of aliphatic hydroxyl groups excluding tert-OH is 1. The molecule has 1 aliphatic rings. The quantitative estimate of drug-likeness (QED) is 0.417. The molecule has 2 heterocycles. The minimum absolute atomic E-state index is 0.0407. The molecule has 0 radical (unpaired) electrons. The molecule has 8 nitrogen and oxygen atoms in total. The maximum atomic E-state index is 9.16. The molecule has 1 fully saturated rings. The smallest absolute Gasteiger partial charge is 0.125 e. The monoisotopic (exact) mass is 445 g/mol. The normalized spacial score (nSPS) is 13.3. The van der Waals surface area contributed by atoms with Gasteiger partial charge in [0.2, 0.25) is 0 Å². The van der Waals surface area contributed by atoms with E-state index < -0.39 is 0 Å². The van der Waals surface area contributed by atoms with Crippen molar-refractivity contribution in [3.8, 4) is 22.8 Å². The summed E-state index contributed by atoms with van der Waals surface area (Å²) >= 11 is 0. The molecular formula is C25H27N5O3. The van der Waals surface area contributed by atoms with Gasteiger partial charge < -0.3 is 19.5 Å². The number of rotatable bonds is 9. The number of anilines is 2. The lowest BCUT2D eigenvalue weighted by atomic mass is 10.1. The van der Waals surface area contributed by atoms with Gasteiger partial charge >= 0.3 is 0 Å². The van der Waals surface area contributed by atoms with E-state index in [-0.39, 0.29) is 13.2 Å². The van der Waals surface area contributed by atoms with E-state index in [9.17, 15) is 0 Å². The van der Waals surface area contributed by atoms with Crippen LogP contribution in [0.15, 0.2) is 55.0 Å². The van der Waals surface area contributed by atoms with Crippen LogP contribution in [0.1, 0.15) is 12.8 Å². The number of nitrogens with zero attached hydrogens (tertiary/aromatic N) is 5. The molecule has 1 saturated carbocycles. The summed E-state index contributed by atoms with van der Waals surface area (Å²) in [6, 6.07) is 12.0. The zero-order valence-corrected chi connectivity index (χ0v) is 18.8. The van der Waals surface area contributed by atoms with Crippen molar-refractivity contribution in [1.29, 1.82) is 0 Å². The van der Waals surface area contributed by atoms with E-state index in [0.717, 1.165) is 40.2 Å². The Morgan fingerprint density at radius 3 is 2.64 bits per heavy atom. The van der Waals surface area contributed by atoms with Crippen LogP contribution in [0, 0.1) is 5.92 Å². The minimum Gasteiger partial charge on any atom is -0.497 e. The second-order valence-corrected chi connectivity index (χ2v) is 8.32. The lowest BCUT2D eigenvalue weighted by Gasteiger charge is -2.26. The van der Waals surface area contributed by atoms with Crippen molar-refractivity contribution < 1.29 is 14.6 Å². The average Bonchev–Trinajstić information content (AvgIpc) is 3.57. The van der Waals surface area contributed by atoms with Gasteiger partial charge in [0.15, 0.2) is 0 Å². The number of aryl methyl sites for hydroxylation is 1. The van der Waals surface area contributed by atoms with Gasteiger partial charge in [0, 0.05) is 54.9 Å². The molecule has 2 aromatic heterocycles. The van der Waals surface area contributed by atoms with Crippen LogP contribution in [0.4, 0.5) is 11.4 Å². The zero-order valence-electron chi connectivity index (χ0n) is 18.8. The third-order valence-corrected chi connectivity index (χ3v) is 5.75. The number of ether oxygens (including phenoxy) is 2. The number of fused-ring (bicyclic) bond motifs is 1. The van der Waals surface area contributed by atoms with Crippen LogP contribution in [0.5, 0.6) is 11.5 Å². The Labute approximate surface area is 192 Å². The van der Waals surface area contributed by atoms with Gasteiger partial charge in [-0.2, -0.15) is 5.10 Å². The molecule has 1 aliphatic carbocycles. The minimum atomic E-state index is -0.0407. The molecule has 33 heavy (non-hydrogen) atoms. The van der Waals surface area contributed by atoms with Gasteiger partial charge in [-0.25, -0.2) is 4.98 Å². The summed E-state index contributed by atoms with van der Waals surface area (Å²) in [6.45, 7) is 1.09. The van der Waals surface area contributed by atoms with Crippen LogP contribution in [-0.2, 0) is 7.05 Å². The molecule has 0 amide bonds. The molecule has 8 heteroatoms. The Morgan fingerprint density at radius 2 is 1.91 bits per heavy atom. The first-order chi connectivity index (χ1) is 16.1. The van der Waals surface area contributed by atoms with Crippen molar-refractivity contribution in [1.82, 2.24) is 19.7 Å². The van der Waals surface area contributed by atoms with E-state index in [1.54, 1.807) is 24.2 Å². The van der Waals surface area contributed by atoms with Crippen LogP contribution in [0.2, 0.25) is 0 Å². The van der Waals surface area contributed by atoms with Crippen LogP contribution in [-0.4, -0.2) is 51.7 Å². The van der Waals surface area contributed by atoms with E-state index in [0.29, 0.717) is 17.4 Å². The lowest BCUT2D eigenvalue weighted by Crippen LogP contribution is -2.20. The van der Waals surface area contributed by atoms with Crippen molar-refractivity contribution in [2.75, 3.05) is 31.8 Å². The fourth-order valence-corrected chi connectivity index (χ4v) is 3.86. The number of hydrogen-bond acceptors (Lipinski definition) is 7. The summed E-state index contributed by atoms with van der Waals surface area (Å²) < 4.78 is 13.0.